The third-order valence-electron chi connectivity index (χ3n) is 4.63. The Hall–Kier alpha value is -1.81. The van der Waals surface area contributed by atoms with Gasteiger partial charge in [0.05, 0.1) is 5.69 Å². The predicted molar refractivity (Wildman–Crippen MR) is 89.6 cm³/mol. The SMILES string of the molecule is Cc1noc(C)c1C(C)CC(=O)N1CCc2cccc(Cl)c2C1. The van der Waals surface area contributed by atoms with E-state index in [0.717, 1.165) is 40.6 Å². The zero-order chi connectivity index (χ0) is 16.6. The molecule has 2 heterocycles. The van der Waals surface area contributed by atoms with Crippen molar-refractivity contribution in [2.24, 2.45) is 0 Å². The summed E-state index contributed by atoms with van der Waals surface area (Å²) in [5.74, 6) is 1.05. The summed E-state index contributed by atoms with van der Waals surface area (Å²) in [6.45, 7) is 7.22. The summed E-state index contributed by atoms with van der Waals surface area (Å²) < 4.78 is 5.21. The Morgan fingerprint density at radius 3 is 2.91 bits per heavy atom. The highest BCUT2D eigenvalue weighted by atomic mass is 35.5. The first-order valence-corrected chi connectivity index (χ1v) is 8.32. The Morgan fingerprint density at radius 2 is 2.22 bits per heavy atom. The Labute approximate surface area is 141 Å². The van der Waals surface area contributed by atoms with Crippen molar-refractivity contribution in [2.45, 2.75) is 46.1 Å². The molecule has 3 rings (SSSR count). The largest absolute Gasteiger partial charge is 0.361 e. The van der Waals surface area contributed by atoms with Crippen LogP contribution < -0.4 is 0 Å². The van der Waals surface area contributed by atoms with Crippen LogP contribution in [0.4, 0.5) is 0 Å². The monoisotopic (exact) mass is 332 g/mol. The van der Waals surface area contributed by atoms with Crippen molar-refractivity contribution >= 4 is 17.5 Å². The predicted octanol–water partition coefficient (Wildman–Crippen LogP) is 4.02. The summed E-state index contributed by atoms with van der Waals surface area (Å²) in [7, 11) is 0. The quantitative estimate of drug-likeness (QED) is 0.852. The molecule has 0 N–H and O–H groups in total. The highest BCUT2D eigenvalue weighted by molar-refractivity contribution is 6.31. The molecule has 1 unspecified atom stereocenters. The molecule has 1 aromatic carbocycles. The van der Waals surface area contributed by atoms with Gasteiger partial charge in [-0.3, -0.25) is 4.79 Å². The lowest BCUT2D eigenvalue weighted by Gasteiger charge is -2.30. The molecule has 1 amide bonds. The Morgan fingerprint density at radius 1 is 1.43 bits per heavy atom. The first kappa shape index (κ1) is 16.1. The van der Waals surface area contributed by atoms with E-state index in [1.165, 1.54) is 5.56 Å². The zero-order valence-corrected chi connectivity index (χ0v) is 14.5. The van der Waals surface area contributed by atoms with E-state index < -0.39 is 0 Å². The number of carbonyl (C=O) groups is 1. The third-order valence-corrected chi connectivity index (χ3v) is 4.98. The van der Waals surface area contributed by atoms with Crippen LogP contribution in [0.15, 0.2) is 22.7 Å². The van der Waals surface area contributed by atoms with E-state index in [-0.39, 0.29) is 11.8 Å². The molecule has 2 aromatic rings. The van der Waals surface area contributed by atoms with Crippen LogP contribution in [0, 0.1) is 13.8 Å². The second kappa shape index (κ2) is 6.36. The van der Waals surface area contributed by atoms with Crippen LogP contribution in [-0.2, 0) is 17.8 Å². The van der Waals surface area contributed by atoms with Gasteiger partial charge in [-0.05, 0) is 43.4 Å². The molecule has 1 aliphatic heterocycles. The van der Waals surface area contributed by atoms with E-state index in [1.807, 2.05) is 30.9 Å². The third kappa shape index (κ3) is 3.13. The molecule has 0 spiro atoms. The maximum Gasteiger partial charge on any atom is 0.223 e. The summed E-state index contributed by atoms with van der Waals surface area (Å²) >= 11 is 6.28. The van der Waals surface area contributed by atoms with Crippen LogP contribution in [0.3, 0.4) is 0 Å². The molecule has 4 nitrogen and oxygen atoms in total. The van der Waals surface area contributed by atoms with Gasteiger partial charge < -0.3 is 9.42 Å². The van der Waals surface area contributed by atoms with E-state index in [2.05, 4.69) is 18.1 Å². The lowest BCUT2D eigenvalue weighted by molar-refractivity contribution is -0.132. The highest BCUT2D eigenvalue weighted by Crippen LogP contribution is 2.29. The number of carbonyl (C=O) groups excluding carboxylic acids is 1. The van der Waals surface area contributed by atoms with Gasteiger partial charge in [0.2, 0.25) is 5.91 Å². The Balaban J connectivity index is 1.71. The summed E-state index contributed by atoms with van der Waals surface area (Å²) in [4.78, 5) is 14.6. The summed E-state index contributed by atoms with van der Waals surface area (Å²) in [5.41, 5.74) is 4.25. The van der Waals surface area contributed by atoms with E-state index in [1.54, 1.807) is 0 Å². The molecule has 0 radical (unpaired) electrons. The minimum Gasteiger partial charge on any atom is -0.361 e. The standard InChI is InChI=1S/C18H21ClN2O2/c1-11(18-12(2)20-23-13(18)3)9-17(22)21-8-7-14-5-4-6-16(19)15(14)10-21/h4-6,11H,7-10H2,1-3H3. The summed E-state index contributed by atoms with van der Waals surface area (Å²) in [6, 6.07) is 5.95. The highest BCUT2D eigenvalue weighted by Gasteiger charge is 2.25. The minimum absolute atomic E-state index is 0.0985. The number of hydrogen-bond acceptors (Lipinski definition) is 3. The van der Waals surface area contributed by atoms with Crippen LogP contribution >= 0.6 is 11.6 Å². The topological polar surface area (TPSA) is 46.3 Å². The number of benzene rings is 1. The molecular formula is C18H21ClN2O2. The number of hydrogen-bond donors (Lipinski definition) is 0. The molecule has 1 atom stereocenters. The van der Waals surface area contributed by atoms with Gasteiger partial charge in [0.25, 0.3) is 0 Å². The van der Waals surface area contributed by atoms with Gasteiger partial charge in [0.1, 0.15) is 5.76 Å². The number of halogens is 1. The normalized spacial score (nSPS) is 15.4. The number of aryl methyl sites for hydroxylation is 2. The molecule has 0 aliphatic carbocycles. The molecular weight excluding hydrogens is 312 g/mol. The maximum absolute atomic E-state index is 12.7. The number of amides is 1. The summed E-state index contributed by atoms with van der Waals surface area (Å²) in [5, 5.41) is 4.73. The van der Waals surface area contributed by atoms with Crippen molar-refractivity contribution in [1.29, 1.82) is 0 Å². The second-order valence-electron chi connectivity index (χ2n) is 6.29. The molecule has 122 valence electrons. The van der Waals surface area contributed by atoms with Gasteiger partial charge in [0, 0.05) is 30.1 Å². The number of fused-ring (bicyclic) bond motifs is 1. The lowest BCUT2D eigenvalue weighted by atomic mass is 9.94. The number of rotatable bonds is 3. The average Bonchev–Trinajstić information content (AvgIpc) is 2.86. The van der Waals surface area contributed by atoms with Gasteiger partial charge in [-0.25, -0.2) is 0 Å². The van der Waals surface area contributed by atoms with Crippen molar-refractivity contribution < 1.29 is 9.32 Å². The molecule has 5 heteroatoms. The molecule has 1 aliphatic rings. The lowest BCUT2D eigenvalue weighted by Crippen LogP contribution is -2.36. The molecule has 0 bridgehead atoms. The van der Waals surface area contributed by atoms with Crippen molar-refractivity contribution in [3.8, 4) is 0 Å². The van der Waals surface area contributed by atoms with Gasteiger partial charge in [-0.1, -0.05) is 35.8 Å². The van der Waals surface area contributed by atoms with E-state index in [9.17, 15) is 4.79 Å². The molecule has 0 saturated carbocycles. The van der Waals surface area contributed by atoms with Gasteiger partial charge in [-0.15, -0.1) is 0 Å². The fraction of sp³-hybridized carbons (Fsp3) is 0.444. The fourth-order valence-corrected chi connectivity index (χ4v) is 3.69. The van der Waals surface area contributed by atoms with Crippen molar-refractivity contribution in [1.82, 2.24) is 10.1 Å². The second-order valence-corrected chi connectivity index (χ2v) is 6.69. The van der Waals surface area contributed by atoms with Crippen molar-refractivity contribution in [2.75, 3.05) is 6.54 Å². The van der Waals surface area contributed by atoms with Crippen molar-refractivity contribution in [3.05, 3.63) is 51.4 Å². The summed E-state index contributed by atoms with van der Waals surface area (Å²) in [6.07, 6.45) is 1.32. The van der Waals surface area contributed by atoms with Crippen LogP contribution in [0.25, 0.3) is 0 Å². The van der Waals surface area contributed by atoms with Gasteiger partial charge in [0.15, 0.2) is 0 Å². The molecule has 0 saturated heterocycles. The first-order valence-electron chi connectivity index (χ1n) is 7.94. The molecule has 1 aromatic heterocycles. The van der Waals surface area contributed by atoms with Crippen LogP contribution in [0.1, 0.15) is 47.4 Å². The van der Waals surface area contributed by atoms with Crippen LogP contribution in [-0.4, -0.2) is 22.5 Å². The Bertz CT molecular complexity index is 719. The first-order chi connectivity index (χ1) is 11.0. The zero-order valence-electron chi connectivity index (χ0n) is 13.7. The van der Waals surface area contributed by atoms with E-state index >= 15 is 0 Å². The Kier molecular flexibility index (Phi) is 4.44. The smallest absolute Gasteiger partial charge is 0.223 e. The fourth-order valence-electron chi connectivity index (χ4n) is 3.44. The number of nitrogens with zero attached hydrogens (tertiary/aromatic N) is 2. The number of aromatic nitrogens is 1. The maximum atomic E-state index is 12.7. The van der Waals surface area contributed by atoms with Crippen LogP contribution in [0.5, 0.6) is 0 Å². The molecule has 0 fully saturated rings. The average molecular weight is 333 g/mol. The van der Waals surface area contributed by atoms with Gasteiger partial charge in [-0.2, -0.15) is 0 Å². The van der Waals surface area contributed by atoms with Crippen LogP contribution in [0.2, 0.25) is 5.02 Å². The van der Waals surface area contributed by atoms with Crippen molar-refractivity contribution in [3.63, 3.8) is 0 Å². The van der Waals surface area contributed by atoms with Gasteiger partial charge >= 0.3 is 0 Å². The minimum atomic E-state index is 0.0985. The van der Waals surface area contributed by atoms with E-state index in [4.69, 9.17) is 16.1 Å². The molecule has 23 heavy (non-hydrogen) atoms. The van der Waals surface area contributed by atoms with E-state index in [0.29, 0.717) is 13.0 Å².